The molecule has 1 amide bonds. The summed E-state index contributed by atoms with van der Waals surface area (Å²) in [6.07, 6.45) is 5.94. The molecule has 1 aliphatic rings. The lowest BCUT2D eigenvalue weighted by molar-refractivity contribution is -0.128. The number of carbonyl (C=O) groups excluding carboxylic acids is 1. The van der Waals surface area contributed by atoms with E-state index in [4.69, 9.17) is 0 Å². The fraction of sp³-hybridized carbons (Fsp3) is 0.500. The average molecular weight is 286 g/mol. The van der Waals surface area contributed by atoms with E-state index >= 15 is 0 Å². The Kier molecular flexibility index (Phi) is 6.00. The molecule has 21 heavy (non-hydrogen) atoms. The SMILES string of the molecule is CC(C)N(CC1CCNCC1)C(=O)C=Cc1ccccc1. The van der Waals surface area contributed by atoms with E-state index in [0.29, 0.717) is 5.92 Å². The Morgan fingerprint density at radius 2 is 1.95 bits per heavy atom. The van der Waals surface area contributed by atoms with Gasteiger partial charge in [0.2, 0.25) is 5.91 Å². The van der Waals surface area contributed by atoms with Crippen molar-refractivity contribution in [3.8, 4) is 0 Å². The molecule has 1 N–H and O–H groups in total. The zero-order valence-electron chi connectivity index (χ0n) is 13.1. The molecular formula is C18H26N2O. The minimum Gasteiger partial charge on any atom is -0.336 e. The molecule has 0 radical (unpaired) electrons. The van der Waals surface area contributed by atoms with E-state index in [1.54, 1.807) is 6.08 Å². The maximum Gasteiger partial charge on any atom is 0.246 e. The normalized spacial score (nSPS) is 16.5. The number of nitrogens with zero attached hydrogens (tertiary/aromatic N) is 1. The minimum atomic E-state index is 0.118. The number of carbonyl (C=O) groups is 1. The fourth-order valence-electron chi connectivity index (χ4n) is 2.73. The minimum absolute atomic E-state index is 0.118. The van der Waals surface area contributed by atoms with Crippen molar-refractivity contribution in [2.75, 3.05) is 19.6 Å². The Bertz CT molecular complexity index is 461. The zero-order valence-corrected chi connectivity index (χ0v) is 13.1. The first-order chi connectivity index (χ1) is 10.2. The van der Waals surface area contributed by atoms with Gasteiger partial charge in [-0.05, 0) is 57.3 Å². The van der Waals surface area contributed by atoms with Crippen LogP contribution in [-0.4, -0.2) is 36.5 Å². The van der Waals surface area contributed by atoms with Crippen LogP contribution in [0.3, 0.4) is 0 Å². The van der Waals surface area contributed by atoms with Crippen LogP contribution in [0.4, 0.5) is 0 Å². The van der Waals surface area contributed by atoms with Crippen molar-refractivity contribution in [3.05, 3.63) is 42.0 Å². The highest BCUT2D eigenvalue weighted by Gasteiger charge is 2.21. The third kappa shape index (κ3) is 5.01. The van der Waals surface area contributed by atoms with Crippen LogP contribution in [0.1, 0.15) is 32.3 Å². The highest BCUT2D eigenvalue weighted by atomic mass is 16.2. The van der Waals surface area contributed by atoms with E-state index in [2.05, 4.69) is 19.2 Å². The molecule has 1 aromatic carbocycles. The topological polar surface area (TPSA) is 32.3 Å². The highest BCUT2D eigenvalue weighted by molar-refractivity contribution is 5.92. The number of piperidine rings is 1. The van der Waals surface area contributed by atoms with Gasteiger partial charge in [-0.25, -0.2) is 0 Å². The molecule has 0 atom stereocenters. The molecule has 0 unspecified atom stereocenters. The van der Waals surface area contributed by atoms with Crippen molar-refractivity contribution in [3.63, 3.8) is 0 Å². The van der Waals surface area contributed by atoms with Crippen LogP contribution in [-0.2, 0) is 4.79 Å². The van der Waals surface area contributed by atoms with Crippen molar-refractivity contribution < 1.29 is 4.79 Å². The molecule has 114 valence electrons. The molecule has 1 aliphatic heterocycles. The molecule has 1 saturated heterocycles. The maximum atomic E-state index is 12.5. The molecular weight excluding hydrogens is 260 g/mol. The number of hydrogen-bond acceptors (Lipinski definition) is 2. The number of rotatable bonds is 5. The molecule has 3 nitrogen and oxygen atoms in total. The maximum absolute atomic E-state index is 12.5. The molecule has 0 spiro atoms. The van der Waals surface area contributed by atoms with Crippen LogP contribution in [0.15, 0.2) is 36.4 Å². The standard InChI is InChI=1S/C18H26N2O/c1-15(2)20(14-17-10-12-19-13-11-17)18(21)9-8-16-6-4-3-5-7-16/h3-9,15,17,19H,10-14H2,1-2H3. The summed E-state index contributed by atoms with van der Waals surface area (Å²) in [6.45, 7) is 7.21. The van der Waals surface area contributed by atoms with Gasteiger partial charge in [0.15, 0.2) is 0 Å². The molecule has 1 heterocycles. The van der Waals surface area contributed by atoms with Gasteiger partial charge in [-0.15, -0.1) is 0 Å². The summed E-state index contributed by atoms with van der Waals surface area (Å²) in [4.78, 5) is 14.5. The average Bonchev–Trinajstić information content (AvgIpc) is 2.52. The van der Waals surface area contributed by atoms with Crippen LogP contribution in [0.5, 0.6) is 0 Å². The Morgan fingerprint density at radius 3 is 2.57 bits per heavy atom. The summed E-state index contributed by atoms with van der Waals surface area (Å²) < 4.78 is 0. The van der Waals surface area contributed by atoms with Crippen molar-refractivity contribution in [2.24, 2.45) is 5.92 Å². The lowest BCUT2D eigenvalue weighted by atomic mass is 9.97. The third-order valence-corrected chi connectivity index (χ3v) is 4.04. The van der Waals surface area contributed by atoms with E-state index in [0.717, 1.165) is 25.2 Å². The van der Waals surface area contributed by atoms with Gasteiger partial charge in [0.05, 0.1) is 0 Å². The second-order valence-electron chi connectivity index (χ2n) is 6.02. The van der Waals surface area contributed by atoms with Crippen molar-refractivity contribution in [1.82, 2.24) is 10.2 Å². The largest absolute Gasteiger partial charge is 0.336 e. The Morgan fingerprint density at radius 1 is 1.29 bits per heavy atom. The Hall–Kier alpha value is -1.61. The van der Waals surface area contributed by atoms with Gasteiger partial charge in [0.1, 0.15) is 0 Å². The summed E-state index contributed by atoms with van der Waals surface area (Å²) in [5.41, 5.74) is 1.07. The van der Waals surface area contributed by atoms with Crippen molar-refractivity contribution >= 4 is 12.0 Å². The summed E-state index contributed by atoms with van der Waals surface area (Å²) in [6, 6.07) is 10.2. The quantitative estimate of drug-likeness (QED) is 0.844. The van der Waals surface area contributed by atoms with E-state index in [9.17, 15) is 4.79 Å². The van der Waals surface area contributed by atoms with Gasteiger partial charge in [0, 0.05) is 18.7 Å². The van der Waals surface area contributed by atoms with Crippen molar-refractivity contribution in [1.29, 1.82) is 0 Å². The molecule has 1 fully saturated rings. The van der Waals surface area contributed by atoms with Gasteiger partial charge in [0.25, 0.3) is 0 Å². The second-order valence-corrected chi connectivity index (χ2v) is 6.02. The molecule has 3 heteroatoms. The molecule has 0 saturated carbocycles. The van der Waals surface area contributed by atoms with Crippen LogP contribution in [0.25, 0.3) is 6.08 Å². The first kappa shape index (κ1) is 15.8. The number of benzene rings is 1. The van der Waals surface area contributed by atoms with Crippen LogP contribution in [0, 0.1) is 5.92 Å². The first-order valence-corrected chi connectivity index (χ1v) is 7.91. The van der Waals surface area contributed by atoms with E-state index in [-0.39, 0.29) is 11.9 Å². The number of nitrogens with one attached hydrogen (secondary N) is 1. The summed E-state index contributed by atoms with van der Waals surface area (Å²) in [5.74, 6) is 0.745. The lowest BCUT2D eigenvalue weighted by Gasteiger charge is -2.32. The van der Waals surface area contributed by atoms with Crippen LogP contribution in [0.2, 0.25) is 0 Å². The van der Waals surface area contributed by atoms with Gasteiger partial charge in [-0.2, -0.15) is 0 Å². The molecule has 0 aromatic heterocycles. The van der Waals surface area contributed by atoms with E-state index in [1.165, 1.54) is 12.8 Å². The Balaban J connectivity index is 1.96. The molecule has 0 bridgehead atoms. The predicted molar refractivity (Wildman–Crippen MR) is 87.9 cm³/mol. The smallest absolute Gasteiger partial charge is 0.246 e. The van der Waals surface area contributed by atoms with Gasteiger partial charge in [-0.3, -0.25) is 4.79 Å². The third-order valence-electron chi connectivity index (χ3n) is 4.04. The zero-order chi connectivity index (χ0) is 15.1. The monoisotopic (exact) mass is 286 g/mol. The van der Waals surface area contributed by atoms with Crippen LogP contribution >= 0.6 is 0 Å². The highest BCUT2D eigenvalue weighted by Crippen LogP contribution is 2.16. The summed E-state index contributed by atoms with van der Waals surface area (Å²) in [5, 5.41) is 3.38. The Labute approximate surface area is 128 Å². The molecule has 2 rings (SSSR count). The van der Waals surface area contributed by atoms with Crippen LogP contribution < -0.4 is 5.32 Å². The van der Waals surface area contributed by atoms with Gasteiger partial charge in [-0.1, -0.05) is 30.3 Å². The molecule has 0 aliphatic carbocycles. The predicted octanol–water partition coefficient (Wildman–Crippen LogP) is 2.94. The van der Waals surface area contributed by atoms with E-state index in [1.807, 2.05) is 41.3 Å². The van der Waals surface area contributed by atoms with Crippen molar-refractivity contribution in [2.45, 2.75) is 32.7 Å². The number of hydrogen-bond donors (Lipinski definition) is 1. The van der Waals surface area contributed by atoms with Gasteiger partial charge < -0.3 is 10.2 Å². The van der Waals surface area contributed by atoms with E-state index < -0.39 is 0 Å². The fourth-order valence-corrected chi connectivity index (χ4v) is 2.73. The lowest BCUT2D eigenvalue weighted by Crippen LogP contribution is -2.42. The second kappa shape index (κ2) is 7.99. The summed E-state index contributed by atoms with van der Waals surface area (Å²) in [7, 11) is 0. The summed E-state index contributed by atoms with van der Waals surface area (Å²) >= 11 is 0. The van der Waals surface area contributed by atoms with Gasteiger partial charge >= 0.3 is 0 Å². The first-order valence-electron chi connectivity index (χ1n) is 7.91. The molecule has 1 aromatic rings. The number of amides is 1.